The Morgan fingerprint density at radius 2 is 2.14 bits per heavy atom. The standard InChI is InChI=1S/C16H26N4O/c1-5-13(17)16-18-14-11-12(21-4)7-8-15(14)20(16)10-6-9-19(2)3/h7-8,11,13H,5-6,9-10,17H2,1-4H3. The van der Waals surface area contributed by atoms with Gasteiger partial charge in [-0.3, -0.25) is 0 Å². The van der Waals surface area contributed by atoms with Crippen molar-refractivity contribution in [1.82, 2.24) is 14.5 Å². The number of hydrogen-bond donors (Lipinski definition) is 1. The molecule has 0 aliphatic carbocycles. The summed E-state index contributed by atoms with van der Waals surface area (Å²) in [5, 5.41) is 0. The molecule has 1 aromatic carbocycles. The van der Waals surface area contributed by atoms with Crippen LogP contribution in [0.2, 0.25) is 0 Å². The van der Waals surface area contributed by atoms with Gasteiger partial charge in [0.25, 0.3) is 0 Å². The number of ether oxygens (including phenoxy) is 1. The molecule has 0 bridgehead atoms. The first-order valence-electron chi connectivity index (χ1n) is 7.51. The summed E-state index contributed by atoms with van der Waals surface area (Å²) in [6.07, 6.45) is 1.96. The minimum absolute atomic E-state index is 0.0252. The monoisotopic (exact) mass is 290 g/mol. The second-order valence-electron chi connectivity index (χ2n) is 5.65. The molecule has 5 nitrogen and oxygen atoms in total. The average molecular weight is 290 g/mol. The van der Waals surface area contributed by atoms with Crippen molar-refractivity contribution in [3.63, 3.8) is 0 Å². The summed E-state index contributed by atoms with van der Waals surface area (Å²) >= 11 is 0. The van der Waals surface area contributed by atoms with Crippen LogP contribution in [0, 0.1) is 0 Å². The van der Waals surface area contributed by atoms with Crippen molar-refractivity contribution in [3.05, 3.63) is 24.0 Å². The van der Waals surface area contributed by atoms with Crippen LogP contribution in [0.3, 0.4) is 0 Å². The number of aryl methyl sites for hydroxylation is 1. The molecule has 2 N–H and O–H groups in total. The number of nitrogens with two attached hydrogens (primary N) is 1. The van der Waals surface area contributed by atoms with Crippen molar-refractivity contribution in [2.45, 2.75) is 32.4 Å². The van der Waals surface area contributed by atoms with Crippen LogP contribution >= 0.6 is 0 Å². The van der Waals surface area contributed by atoms with Gasteiger partial charge in [0.1, 0.15) is 11.6 Å². The molecule has 1 unspecified atom stereocenters. The van der Waals surface area contributed by atoms with Gasteiger partial charge in [-0.05, 0) is 45.6 Å². The van der Waals surface area contributed by atoms with E-state index in [1.165, 1.54) is 0 Å². The zero-order valence-electron chi connectivity index (χ0n) is 13.5. The van der Waals surface area contributed by atoms with Gasteiger partial charge >= 0.3 is 0 Å². The van der Waals surface area contributed by atoms with Crippen molar-refractivity contribution in [3.8, 4) is 5.75 Å². The number of nitrogens with zero attached hydrogens (tertiary/aromatic N) is 3. The SMILES string of the molecule is CCC(N)c1nc2cc(OC)ccc2n1CCCN(C)C. The lowest BCUT2D eigenvalue weighted by Crippen LogP contribution is -2.19. The van der Waals surface area contributed by atoms with Gasteiger partial charge in [-0.1, -0.05) is 6.92 Å². The van der Waals surface area contributed by atoms with E-state index in [4.69, 9.17) is 15.5 Å². The van der Waals surface area contributed by atoms with Gasteiger partial charge in [-0.2, -0.15) is 0 Å². The van der Waals surface area contributed by atoms with Gasteiger partial charge < -0.3 is 19.9 Å². The smallest absolute Gasteiger partial charge is 0.126 e. The summed E-state index contributed by atoms with van der Waals surface area (Å²) < 4.78 is 7.54. The van der Waals surface area contributed by atoms with Crippen molar-refractivity contribution in [2.75, 3.05) is 27.7 Å². The van der Waals surface area contributed by atoms with Crippen molar-refractivity contribution < 1.29 is 4.74 Å². The number of aromatic nitrogens is 2. The maximum atomic E-state index is 6.24. The van der Waals surface area contributed by atoms with E-state index in [0.717, 1.165) is 48.5 Å². The predicted molar refractivity (Wildman–Crippen MR) is 86.7 cm³/mol. The highest BCUT2D eigenvalue weighted by Crippen LogP contribution is 2.25. The quantitative estimate of drug-likeness (QED) is 0.851. The lowest BCUT2D eigenvalue weighted by Gasteiger charge is -2.15. The lowest BCUT2D eigenvalue weighted by atomic mass is 10.2. The first-order valence-corrected chi connectivity index (χ1v) is 7.51. The van der Waals surface area contributed by atoms with Crippen LogP contribution in [-0.2, 0) is 6.54 Å². The average Bonchev–Trinajstić information content (AvgIpc) is 2.84. The second kappa shape index (κ2) is 6.91. The van der Waals surface area contributed by atoms with Crippen LogP contribution in [0.5, 0.6) is 5.75 Å². The normalized spacial score (nSPS) is 13.0. The molecule has 116 valence electrons. The fraction of sp³-hybridized carbons (Fsp3) is 0.562. The first-order chi connectivity index (χ1) is 10.1. The molecule has 0 aliphatic heterocycles. The highest BCUT2D eigenvalue weighted by molar-refractivity contribution is 5.78. The molecule has 1 heterocycles. The molecule has 2 rings (SSSR count). The molecular weight excluding hydrogens is 264 g/mol. The third-order valence-electron chi connectivity index (χ3n) is 3.74. The Hall–Kier alpha value is -1.59. The van der Waals surface area contributed by atoms with Crippen LogP contribution < -0.4 is 10.5 Å². The summed E-state index contributed by atoms with van der Waals surface area (Å²) in [5.41, 5.74) is 8.33. The zero-order chi connectivity index (χ0) is 15.4. The summed E-state index contributed by atoms with van der Waals surface area (Å²) in [4.78, 5) is 6.93. The fourth-order valence-corrected chi connectivity index (χ4v) is 2.50. The topological polar surface area (TPSA) is 56.3 Å². The molecule has 0 saturated heterocycles. The molecule has 21 heavy (non-hydrogen) atoms. The summed E-state index contributed by atoms with van der Waals surface area (Å²) in [6.45, 7) is 4.08. The van der Waals surface area contributed by atoms with E-state index < -0.39 is 0 Å². The number of hydrogen-bond acceptors (Lipinski definition) is 4. The van der Waals surface area contributed by atoms with Crippen molar-refractivity contribution in [2.24, 2.45) is 5.73 Å². The van der Waals surface area contributed by atoms with E-state index >= 15 is 0 Å². The van der Waals surface area contributed by atoms with Crippen LogP contribution in [0.4, 0.5) is 0 Å². The zero-order valence-corrected chi connectivity index (χ0v) is 13.5. The summed E-state index contributed by atoms with van der Waals surface area (Å²) in [6, 6.07) is 6.00. The molecule has 0 saturated carbocycles. The third kappa shape index (κ3) is 3.54. The molecule has 1 atom stereocenters. The van der Waals surface area contributed by atoms with Crippen molar-refractivity contribution >= 4 is 11.0 Å². The van der Waals surface area contributed by atoms with Crippen LogP contribution in [0.1, 0.15) is 31.6 Å². The van der Waals surface area contributed by atoms with Crippen molar-refractivity contribution in [1.29, 1.82) is 0 Å². The molecular formula is C16H26N4O. The minimum atomic E-state index is -0.0252. The maximum Gasteiger partial charge on any atom is 0.126 e. The Morgan fingerprint density at radius 1 is 1.38 bits per heavy atom. The minimum Gasteiger partial charge on any atom is -0.497 e. The highest BCUT2D eigenvalue weighted by atomic mass is 16.5. The first kappa shape index (κ1) is 15.8. The van der Waals surface area contributed by atoms with E-state index in [9.17, 15) is 0 Å². The molecule has 0 radical (unpaired) electrons. The Morgan fingerprint density at radius 3 is 2.76 bits per heavy atom. The molecule has 5 heteroatoms. The van der Waals surface area contributed by atoms with Gasteiger partial charge in [0.2, 0.25) is 0 Å². The summed E-state index contributed by atoms with van der Waals surface area (Å²) in [7, 11) is 5.86. The Bertz CT molecular complexity index is 591. The molecule has 0 aliphatic rings. The Balaban J connectivity index is 2.37. The molecule has 0 spiro atoms. The molecule has 1 aromatic heterocycles. The largest absolute Gasteiger partial charge is 0.497 e. The second-order valence-corrected chi connectivity index (χ2v) is 5.65. The number of rotatable bonds is 7. The predicted octanol–water partition coefficient (Wildman–Crippen LogP) is 2.41. The summed E-state index contributed by atoms with van der Waals surface area (Å²) in [5.74, 6) is 1.80. The number of benzene rings is 1. The van der Waals surface area contributed by atoms with Crippen LogP contribution in [-0.4, -0.2) is 42.2 Å². The van der Waals surface area contributed by atoms with Gasteiger partial charge in [0.05, 0.1) is 24.2 Å². The molecule has 2 aromatic rings. The lowest BCUT2D eigenvalue weighted by molar-refractivity contribution is 0.384. The highest BCUT2D eigenvalue weighted by Gasteiger charge is 2.16. The van der Waals surface area contributed by atoms with Gasteiger partial charge in [0.15, 0.2) is 0 Å². The number of methoxy groups -OCH3 is 1. The Kier molecular flexibility index (Phi) is 5.20. The van der Waals surface area contributed by atoms with E-state index in [0.29, 0.717) is 0 Å². The number of fused-ring (bicyclic) bond motifs is 1. The molecule has 0 fully saturated rings. The van der Waals surface area contributed by atoms with Gasteiger partial charge in [-0.25, -0.2) is 4.98 Å². The van der Waals surface area contributed by atoms with E-state index in [1.54, 1.807) is 7.11 Å². The fourth-order valence-electron chi connectivity index (χ4n) is 2.50. The third-order valence-corrected chi connectivity index (χ3v) is 3.74. The van der Waals surface area contributed by atoms with Gasteiger partial charge in [0, 0.05) is 12.6 Å². The maximum absolute atomic E-state index is 6.24. The van der Waals surface area contributed by atoms with Crippen LogP contribution in [0.25, 0.3) is 11.0 Å². The van der Waals surface area contributed by atoms with E-state index in [2.05, 4.69) is 36.6 Å². The Labute approximate surface area is 126 Å². The molecule has 0 amide bonds. The van der Waals surface area contributed by atoms with E-state index in [-0.39, 0.29) is 6.04 Å². The van der Waals surface area contributed by atoms with Gasteiger partial charge in [-0.15, -0.1) is 0 Å². The van der Waals surface area contributed by atoms with Crippen LogP contribution in [0.15, 0.2) is 18.2 Å². The van der Waals surface area contributed by atoms with E-state index in [1.807, 2.05) is 12.1 Å². The number of imidazole rings is 1.